The number of methoxy groups -OCH3 is 1. The number of hydrogen-bond acceptors (Lipinski definition) is 6. The Morgan fingerprint density at radius 1 is 0.968 bits per heavy atom. The van der Waals surface area contributed by atoms with Crippen LogP contribution in [-0.4, -0.2) is 24.8 Å². The van der Waals surface area contributed by atoms with Gasteiger partial charge in [0.05, 0.1) is 24.7 Å². The SMILES string of the molecule is COC(=O)c1ccc(/C=C2\Oc3cc(OC(=O)Cc4ccccc4)ccc3C2=O)cc1. The summed E-state index contributed by atoms with van der Waals surface area (Å²) in [5, 5.41) is 0. The second kappa shape index (κ2) is 8.67. The molecule has 0 fully saturated rings. The van der Waals surface area contributed by atoms with Crippen LogP contribution < -0.4 is 9.47 Å². The molecule has 0 spiro atoms. The fraction of sp³-hybridized carbons (Fsp3) is 0.0800. The van der Waals surface area contributed by atoms with Crippen LogP contribution in [0, 0.1) is 0 Å². The van der Waals surface area contributed by atoms with Crippen molar-refractivity contribution in [2.24, 2.45) is 0 Å². The summed E-state index contributed by atoms with van der Waals surface area (Å²) in [6.07, 6.45) is 1.73. The summed E-state index contributed by atoms with van der Waals surface area (Å²) in [6.45, 7) is 0. The van der Waals surface area contributed by atoms with Gasteiger partial charge >= 0.3 is 11.9 Å². The molecular formula is C25H18O6. The Morgan fingerprint density at radius 2 is 1.71 bits per heavy atom. The Labute approximate surface area is 178 Å². The van der Waals surface area contributed by atoms with Gasteiger partial charge in [0.25, 0.3) is 0 Å². The number of carbonyl (C=O) groups is 3. The second-order valence-corrected chi connectivity index (χ2v) is 6.85. The highest BCUT2D eigenvalue weighted by Crippen LogP contribution is 2.35. The van der Waals surface area contributed by atoms with E-state index in [1.165, 1.54) is 13.2 Å². The molecule has 0 amide bonds. The molecule has 0 unspecified atom stereocenters. The van der Waals surface area contributed by atoms with Crippen molar-refractivity contribution >= 4 is 23.8 Å². The van der Waals surface area contributed by atoms with Gasteiger partial charge in [0, 0.05) is 6.07 Å². The summed E-state index contributed by atoms with van der Waals surface area (Å²) in [5.41, 5.74) is 2.34. The number of esters is 2. The van der Waals surface area contributed by atoms with Crippen molar-refractivity contribution in [3.05, 3.63) is 101 Å². The number of Topliss-reactive ketones (excluding diaryl/α,β-unsaturated/α-hetero) is 1. The van der Waals surface area contributed by atoms with Crippen LogP contribution in [-0.2, 0) is 16.0 Å². The third-order valence-electron chi connectivity index (χ3n) is 4.69. The van der Waals surface area contributed by atoms with Crippen LogP contribution in [0.2, 0.25) is 0 Å². The van der Waals surface area contributed by atoms with Crippen LogP contribution in [0.25, 0.3) is 6.08 Å². The molecule has 1 aliphatic heterocycles. The standard InChI is InChI=1S/C25H18O6/c1-29-25(28)18-9-7-17(8-10-18)13-22-24(27)20-12-11-19(15-21(20)31-22)30-23(26)14-16-5-3-2-4-6-16/h2-13,15H,14H2,1H3/b22-13-. The topological polar surface area (TPSA) is 78.9 Å². The molecule has 154 valence electrons. The van der Waals surface area contributed by atoms with Gasteiger partial charge in [-0.25, -0.2) is 4.79 Å². The Bertz CT molecular complexity index is 1180. The Kier molecular flexibility index (Phi) is 5.62. The van der Waals surface area contributed by atoms with Crippen molar-refractivity contribution < 1.29 is 28.6 Å². The Morgan fingerprint density at radius 3 is 2.42 bits per heavy atom. The van der Waals surface area contributed by atoms with Crippen LogP contribution in [0.4, 0.5) is 0 Å². The maximum absolute atomic E-state index is 12.6. The zero-order valence-corrected chi connectivity index (χ0v) is 16.7. The van der Waals surface area contributed by atoms with E-state index >= 15 is 0 Å². The van der Waals surface area contributed by atoms with E-state index in [0.717, 1.165) is 5.56 Å². The van der Waals surface area contributed by atoms with Crippen LogP contribution >= 0.6 is 0 Å². The van der Waals surface area contributed by atoms with Gasteiger partial charge in [-0.2, -0.15) is 0 Å². The third kappa shape index (κ3) is 4.53. The van der Waals surface area contributed by atoms with Crippen LogP contribution in [0.3, 0.4) is 0 Å². The molecular weight excluding hydrogens is 396 g/mol. The first-order valence-corrected chi connectivity index (χ1v) is 9.55. The minimum atomic E-state index is -0.436. The molecule has 0 aromatic heterocycles. The molecule has 1 aliphatic rings. The first-order chi connectivity index (χ1) is 15.0. The highest BCUT2D eigenvalue weighted by Gasteiger charge is 2.28. The first-order valence-electron chi connectivity index (χ1n) is 9.55. The molecule has 31 heavy (non-hydrogen) atoms. The van der Waals surface area contributed by atoms with E-state index in [1.54, 1.807) is 42.5 Å². The van der Waals surface area contributed by atoms with Gasteiger partial charge in [-0.15, -0.1) is 0 Å². The molecule has 0 saturated carbocycles. The predicted molar refractivity (Wildman–Crippen MR) is 113 cm³/mol. The second-order valence-electron chi connectivity index (χ2n) is 6.85. The average Bonchev–Trinajstić information content (AvgIpc) is 3.09. The highest BCUT2D eigenvalue weighted by molar-refractivity contribution is 6.14. The molecule has 6 nitrogen and oxygen atoms in total. The summed E-state index contributed by atoms with van der Waals surface area (Å²) in [6, 6.07) is 20.5. The highest BCUT2D eigenvalue weighted by atomic mass is 16.5. The largest absolute Gasteiger partial charge is 0.465 e. The third-order valence-corrected chi connectivity index (χ3v) is 4.69. The Hall–Kier alpha value is -4.19. The minimum Gasteiger partial charge on any atom is -0.465 e. The van der Waals surface area contributed by atoms with Gasteiger partial charge in [-0.1, -0.05) is 42.5 Å². The Balaban J connectivity index is 1.47. The van der Waals surface area contributed by atoms with Crippen molar-refractivity contribution in [3.63, 3.8) is 0 Å². The van der Waals surface area contributed by atoms with E-state index < -0.39 is 11.9 Å². The molecule has 6 heteroatoms. The zero-order valence-electron chi connectivity index (χ0n) is 16.7. The summed E-state index contributed by atoms with van der Waals surface area (Å²) >= 11 is 0. The molecule has 1 heterocycles. The van der Waals surface area contributed by atoms with Gasteiger partial charge in [-0.3, -0.25) is 9.59 Å². The fourth-order valence-corrected chi connectivity index (χ4v) is 3.15. The molecule has 0 radical (unpaired) electrons. The van der Waals surface area contributed by atoms with Crippen molar-refractivity contribution in [2.75, 3.05) is 7.11 Å². The zero-order chi connectivity index (χ0) is 21.8. The lowest BCUT2D eigenvalue weighted by atomic mass is 10.1. The summed E-state index contributed by atoms with van der Waals surface area (Å²) < 4.78 is 15.7. The van der Waals surface area contributed by atoms with E-state index in [0.29, 0.717) is 28.2 Å². The first kappa shape index (κ1) is 20.1. The lowest BCUT2D eigenvalue weighted by Gasteiger charge is -2.06. The van der Waals surface area contributed by atoms with E-state index in [-0.39, 0.29) is 18.0 Å². The van der Waals surface area contributed by atoms with Crippen LogP contribution in [0.5, 0.6) is 11.5 Å². The number of carbonyl (C=O) groups excluding carboxylic acids is 3. The maximum Gasteiger partial charge on any atom is 0.337 e. The number of fused-ring (bicyclic) bond motifs is 1. The van der Waals surface area contributed by atoms with Gasteiger partial charge in [0.2, 0.25) is 5.78 Å². The molecule has 4 rings (SSSR count). The van der Waals surface area contributed by atoms with Crippen LogP contribution in [0.15, 0.2) is 78.6 Å². The lowest BCUT2D eigenvalue weighted by Crippen LogP contribution is -2.11. The molecule has 0 atom stereocenters. The number of rotatable bonds is 5. The van der Waals surface area contributed by atoms with Gasteiger partial charge in [-0.05, 0) is 41.5 Å². The molecule has 0 aliphatic carbocycles. The smallest absolute Gasteiger partial charge is 0.337 e. The van der Waals surface area contributed by atoms with Crippen LogP contribution in [0.1, 0.15) is 31.8 Å². The minimum absolute atomic E-state index is 0.143. The predicted octanol–water partition coefficient (Wildman–Crippen LogP) is 4.24. The van der Waals surface area contributed by atoms with Crippen molar-refractivity contribution in [3.8, 4) is 11.5 Å². The fourth-order valence-electron chi connectivity index (χ4n) is 3.15. The number of benzene rings is 3. The van der Waals surface area contributed by atoms with E-state index in [9.17, 15) is 14.4 Å². The summed E-state index contributed by atoms with van der Waals surface area (Å²) in [4.78, 5) is 36.3. The number of ether oxygens (including phenoxy) is 3. The average molecular weight is 414 g/mol. The van der Waals surface area contributed by atoms with Crippen molar-refractivity contribution in [2.45, 2.75) is 6.42 Å². The summed E-state index contributed by atoms with van der Waals surface area (Å²) in [7, 11) is 1.31. The molecule has 0 N–H and O–H groups in total. The van der Waals surface area contributed by atoms with Gasteiger partial charge < -0.3 is 14.2 Å². The van der Waals surface area contributed by atoms with E-state index in [4.69, 9.17) is 9.47 Å². The summed E-state index contributed by atoms with van der Waals surface area (Å²) in [5.74, 6) is -0.336. The molecule has 3 aromatic rings. The van der Waals surface area contributed by atoms with Crippen molar-refractivity contribution in [1.29, 1.82) is 0 Å². The normalized spacial score (nSPS) is 13.5. The molecule has 0 saturated heterocycles. The molecule has 3 aromatic carbocycles. The van der Waals surface area contributed by atoms with Gasteiger partial charge in [0.1, 0.15) is 11.5 Å². The number of allylic oxidation sites excluding steroid dienone is 1. The number of ketones is 1. The monoisotopic (exact) mass is 414 g/mol. The lowest BCUT2D eigenvalue weighted by molar-refractivity contribution is -0.133. The van der Waals surface area contributed by atoms with E-state index in [2.05, 4.69) is 4.74 Å². The maximum atomic E-state index is 12.6. The molecule has 0 bridgehead atoms. The number of hydrogen-bond donors (Lipinski definition) is 0. The quantitative estimate of drug-likeness (QED) is 0.353. The van der Waals surface area contributed by atoms with Gasteiger partial charge in [0.15, 0.2) is 5.76 Å². The van der Waals surface area contributed by atoms with E-state index in [1.807, 2.05) is 30.3 Å². The van der Waals surface area contributed by atoms with Crippen molar-refractivity contribution in [1.82, 2.24) is 0 Å².